The largest absolute Gasteiger partial charge is 0.416 e. The van der Waals surface area contributed by atoms with Gasteiger partial charge in [-0.25, -0.2) is 4.39 Å². The summed E-state index contributed by atoms with van der Waals surface area (Å²) in [5.41, 5.74) is -1.42. The Balaban J connectivity index is 3.05. The zero-order valence-corrected chi connectivity index (χ0v) is 8.85. The molecule has 17 heavy (non-hydrogen) atoms. The lowest BCUT2D eigenvalue weighted by molar-refractivity contribution is -0.137. The van der Waals surface area contributed by atoms with Crippen molar-refractivity contribution in [3.8, 4) is 0 Å². The Morgan fingerprint density at radius 2 is 1.94 bits per heavy atom. The second-order valence-corrected chi connectivity index (χ2v) is 3.48. The fourth-order valence-corrected chi connectivity index (χ4v) is 1.29. The Bertz CT molecular complexity index is 435. The molecule has 0 amide bonds. The van der Waals surface area contributed by atoms with Gasteiger partial charge in [-0.3, -0.25) is 4.79 Å². The van der Waals surface area contributed by atoms with Crippen LogP contribution in [0, 0.1) is 5.82 Å². The Morgan fingerprint density at radius 3 is 2.47 bits per heavy atom. The predicted molar refractivity (Wildman–Crippen MR) is 55.2 cm³/mol. The molecule has 0 heterocycles. The molecule has 0 aromatic heterocycles. The van der Waals surface area contributed by atoms with Crippen LogP contribution in [0.15, 0.2) is 30.9 Å². The lowest BCUT2D eigenvalue weighted by Crippen LogP contribution is -2.08. The first kappa shape index (κ1) is 13.4. The summed E-state index contributed by atoms with van der Waals surface area (Å²) in [5, 5.41) is 0. The Kier molecular flexibility index (Phi) is 4.04. The topological polar surface area (TPSA) is 17.1 Å². The second-order valence-electron chi connectivity index (χ2n) is 3.48. The molecule has 0 bridgehead atoms. The maximum atomic E-state index is 13.0. The molecule has 0 spiro atoms. The van der Waals surface area contributed by atoms with E-state index in [0.717, 1.165) is 6.07 Å². The first-order chi connectivity index (χ1) is 7.84. The molecule has 0 N–H and O–H groups in total. The van der Waals surface area contributed by atoms with E-state index in [9.17, 15) is 22.4 Å². The van der Waals surface area contributed by atoms with E-state index in [1.165, 1.54) is 6.08 Å². The van der Waals surface area contributed by atoms with Crippen molar-refractivity contribution in [3.63, 3.8) is 0 Å². The summed E-state index contributed by atoms with van der Waals surface area (Å²) in [6.45, 7) is 3.39. The van der Waals surface area contributed by atoms with Crippen LogP contribution in [0.3, 0.4) is 0 Å². The normalized spacial score (nSPS) is 11.3. The summed E-state index contributed by atoms with van der Waals surface area (Å²) in [5.74, 6) is -1.60. The van der Waals surface area contributed by atoms with Crippen LogP contribution >= 0.6 is 0 Å². The molecule has 0 unspecified atom stereocenters. The van der Waals surface area contributed by atoms with Crippen molar-refractivity contribution in [2.75, 3.05) is 0 Å². The van der Waals surface area contributed by atoms with Gasteiger partial charge in [-0.15, -0.1) is 6.58 Å². The minimum absolute atomic E-state index is 0.0181. The van der Waals surface area contributed by atoms with Crippen molar-refractivity contribution >= 4 is 5.78 Å². The van der Waals surface area contributed by atoms with E-state index < -0.39 is 23.3 Å². The van der Waals surface area contributed by atoms with Crippen LogP contribution in [0.2, 0.25) is 0 Å². The van der Waals surface area contributed by atoms with E-state index in [1.54, 1.807) is 0 Å². The van der Waals surface area contributed by atoms with Crippen LogP contribution in [-0.2, 0) is 6.18 Å². The highest BCUT2D eigenvalue weighted by Gasteiger charge is 2.31. The van der Waals surface area contributed by atoms with E-state index >= 15 is 0 Å². The van der Waals surface area contributed by atoms with Crippen molar-refractivity contribution in [3.05, 3.63) is 47.8 Å². The number of Topliss-reactive ketones (excluding diaryl/α,β-unsaturated/α-hetero) is 1. The van der Waals surface area contributed by atoms with E-state index in [2.05, 4.69) is 6.58 Å². The summed E-state index contributed by atoms with van der Waals surface area (Å²) in [6, 6.07) is 1.83. The second kappa shape index (κ2) is 5.12. The Labute approximate surface area is 95.8 Å². The molecule has 0 radical (unpaired) electrons. The van der Waals surface area contributed by atoms with E-state index in [1.807, 2.05) is 0 Å². The predicted octanol–water partition coefficient (Wildman–Crippen LogP) is 3.99. The van der Waals surface area contributed by atoms with Crippen LogP contribution in [-0.4, -0.2) is 5.78 Å². The van der Waals surface area contributed by atoms with Gasteiger partial charge >= 0.3 is 6.18 Å². The zero-order valence-electron chi connectivity index (χ0n) is 8.85. The third-order valence-corrected chi connectivity index (χ3v) is 2.12. The van der Waals surface area contributed by atoms with Crippen LogP contribution in [0.5, 0.6) is 0 Å². The number of allylic oxidation sites excluding steroid dienone is 1. The smallest absolute Gasteiger partial charge is 0.294 e. The summed E-state index contributed by atoms with van der Waals surface area (Å²) in [4.78, 5) is 11.5. The molecule has 0 fully saturated rings. The van der Waals surface area contributed by atoms with Gasteiger partial charge in [0.2, 0.25) is 0 Å². The maximum Gasteiger partial charge on any atom is 0.416 e. The average Bonchev–Trinajstić information content (AvgIpc) is 2.23. The van der Waals surface area contributed by atoms with Crippen LogP contribution < -0.4 is 0 Å². The number of rotatable bonds is 4. The van der Waals surface area contributed by atoms with Crippen LogP contribution in [0.4, 0.5) is 17.6 Å². The summed E-state index contributed by atoms with van der Waals surface area (Å²) in [6.07, 6.45) is -2.82. The summed E-state index contributed by atoms with van der Waals surface area (Å²) in [7, 11) is 0. The monoisotopic (exact) mass is 246 g/mol. The highest BCUT2D eigenvalue weighted by atomic mass is 19.4. The number of carbonyl (C=O) groups is 1. The lowest BCUT2D eigenvalue weighted by atomic mass is 10.0. The van der Waals surface area contributed by atoms with Gasteiger partial charge in [-0.2, -0.15) is 13.2 Å². The number of halogens is 4. The van der Waals surface area contributed by atoms with Crippen molar-refractivity contribution in [2.24, 2.45) is 0 Å². The summed E-state index contributed by atoms with van der Waals surface area (Å²) >= 11 is 0. The minimum atomic E-state index is -4.66. The molecule has 0 aliphatic heterocycles. The fraction of sp³-hybridized carbons (Fsp3) is 0.250. The lowest BCUT2D eigenvalue weighted by Gasteiger charge is -2.08. The molecule has 1 aromatic rings. The molecule has 5 heteroatoms. The number of carbonyl (C=O) groups excluding carboxylic acids is 1. The number of alkyl halides is 3. The molecule has 0 aliphatic carbocycles. The van der Waals surface area contributed by atoms with E-state index in [4.69, 9.17) is 0 Å². The molecular weight excluding hydrogens is 236 g/mol. The SMILES string of the molecule is C=CCCC(=O)c1cc(F)cc(C(F)(F)F)c1. The van der Waals surface area contributed by atoms with Gasteiger partial charge in [0.15, 0.2) is 5.78 Å². The molecule has 1 rings (SSSR count). The molecule has 0 atom stereocenters. The van der Waals surface area contributed by atoms with E-state index in [0.29, 0.717) is 18.6 Å². The maximum absolute atomic E-state index is 13.0. The highest BCUT2D eigenvalue weighted by Crippen LogP contribution is 2.30. The molecule has 1 aromatic carbocycles. The fourth-order valence-electron chi connectivity index (χ4n) is 1.29. The Hall–Kier alpha value is -1.65. The van der Waals surface area contributed by atoms with Gasteiger partial charge in [0.1, 0.15) is 5.82 Å². The number of ketones is 1. The first-order valence-corrected chi connectivity index (χ1v) is 4.86. The van der Waals surface area contributed by atoms with Crippen LogP contribution in [0.25, 0.3) is 0 Å². The van der Waals surface area contributed by atoms with Crippen molar-refractivity contribution in [1.82, 2.24) is 0 Å². The van der Waals surface area contributed by atoms with Gasteiger partial charge in [0.25, 0.3) is 0 Å². The molecular formula is C12H10F4O. The summed E-state index contributed by atoms with van der Waals surface area (Å²) < 4.78 is 50.1. The minimum Gasteiger partial charge on any atom is -0.294 e. The molecule has 0 saturated carbocycles. The molecule has 0 aliphatic rings. The van der Waals surface area contributed by atoms with Gasteiger partial charge < -0.3 is 0 Å². The van der Waals surface area contributed by atoms with Crippen molar-refractivity contribution in [1.29, 1.82) is 0 Å². The Morgan fingerprint density at radius 1 is 1.29 bits per heavy atom. The standard InChI is InChI=1S/C12H10F4O/c1-2-3-4-11(17)8-5-9(12(14,15)16)7-10(13)6-8/h2,5-7H,1,3-4H2. The molecule has 92 valence electrons. The molecule has 0 saturated heterocycles. The zero-order chi connectivity index (χ0) is 13.1. The van der Waals surface area contributed by atoms with Gasteiger partial charge in [0, 0.05) is 12.0 Å². The van der Waals surface area contributed by atoms with Crippen LogP contribution in [0.1, 0.15) is 28.8 Å². The van der Waals surface area contributed by atoms with E-state index in [-0.39, 0.29) is 12.0 Å². The number of hydrogen-bond acceptors (Lipinski definition) is 1. The third-order valence-electron chi connectivity index (χ3n) is 2.12. The number of hydrogen-bond donors (Lipinski definition) is 0. The van der Waals surface area contributed by atoms with Gasteiger partial charge in [-0.1, -0.05) is 6.08 Å². The van der Waals surface area contributed by atoms with Gasteiger partial charge in [0.05, 0.1) is 5.56 Å². The number of benzene rings is 1. The molecule has 1 nitrogen and oxygen atoms in total. The van der Waals surface area contributed by atoms with Crippen molar-refractivity contribution in [2.45, 2.75) is 19.0 Å². The highest BCUT2D eigenvalue weighted by molar-refractivity contribution is 5.96. The van der Waals surface area contributed by atoms with Gasteiger partial charge in [-0.05, 0) is 24.6 Å². The van der Waals surface area contributed by atoms with Crippen molar-refractivity contribution < 1.29 is 22.4 Å². The average molecular weight is 246 g/mol. The third kappa shape index (κ3) is 3.69. The quantitative estimate of drug-likeness (QED) is 0.446. The first-order valence-electron chi connectivity index (χ1n) is 4.86.